The van der Waals surface area contributed by atoms with Crippen LogP contribution in [0.25, 0.3) is 55.0 Å². The maximum absolute atomic E-state index is 6.90. The molecule has 0 aliphatic carbocycles. The zero-order valence-electron chi connectivity index (χ0n) is 21.1. The van der Waals surface area contributed by atoms with E-state index in [1.807, 2.05) is 18.2 Å². The Morgan fingerprint density at radius 2 is 1.36 bits per heavy atom. The molecule has 3 N–H and O–H groups in total. The van der Waals surface area contributed by atoms with Crippen molar-refractivity contribution in [1.29, 1.82) is 0 Å². The monoisotopic (exact) mass is 503 g/mol. The molecule has 8 rings (SSSR count). The van der Waals surface area contributed by atoms with Gasteiger partial charge in [-0.15, -0.1) is 0 Å². The molecule has 2 heterocycles. The summed E-state index contributed by atoms with van der Waals surface area (Å²) in [7, 11) is 0. The normalized spacial score (nSPS) is 14.9. The third-order valence-corrected chi connectivity index (χ3v) is 7.76. The molecule has 0 bridgehead atoms. The second-order valence-corrected chi connectivity index (χ2v) is 10.1. The van der Waals surface area contributed by atoms with Crippen molar-refractivity contribution in [1.82, 2.24) is 5.43 Å². The molecule has 0 unspecified atom stereocenters. The largest absolute Gasteiger partial charge is 0.456 e. The van der Waals surface area contributed by atoms with Gasteiger partial charge in [0.05, 0.1) is 5.69 Å². The van der Waals surface area contributed by atoms with Gasteiger partial charge in [-0.3, -0.25) is 5.01 Å². The van der Waals surface area contributed by atoms with Crippen LogP contribution in [0, 0.1) is 0 Å². The SMILES string of the molecule is Nc1c(-c2ccccc2)cc(-c2ccc3oc4ccccc4c3c2)cc1[C@@H]1NN1c1ccc2ccccc2c1. The minimum atomic E-state index is -0.00735. The molecule has 1 fully saturated rings. The van der Waals surface area contributed by atoms with E-state index in [0.717, 1.165) is 61.1 Å². The Balaban J connectivity index is 1.26. The maximum Gasteiger partial charge on any atom is 0.139 e. The lowest BCUT2D eigenvalue weighted by Crippen LogP contribution is -2.01. The van der Waals surface area contributed by atoms with Crippen molar-refractivity contribution in [2.24, 2.45) is 0 Å². The number of rotatable bonds is 4. The molecule has 39 heavy (non-hydrogen) atoms. The van der Waals surface area contributed by atoms with Crippen LogP contribution >= 0.6 is 0 Å². The number of hydrogen-bond acceptors (Lipinski definition) is 4. The van der Waals surface area contributed by atoms with E-state index in [0.29, 0.717) is 0 Å². The van der Waals surface area contributed by atoms with Crippen LogP contribution in [-0.4, -0.2) is 0 Å². The number of anilines is 2. The van der Waals surface area contributed by atoms with Crippen molar-refractivity contribution in [2.75, 3.05) is 10.7 Å². The Morgan fingerprint density at radius 1 is 0.590 bits per heavy atom. The van der Waals surface area contributed by atoms with Crippen LogP contribution in [0.15, 0.2) is 132 Å². The molecule has 0 amide bonds. The second kappa shape index (κ2) is 8.48. The summed E-state index contributed by atoms with van der Waals surface area (Å²) in [5.74, 6) is 0. The lowest BCUT2D eigenvalue weighted by Gasteiger charge is -2.15. The number of nitrogens with two attached hydrogens (primary N) is 1. The average molecular weight is 504 g/mol. The third kappa shape index (κ3) is 3.65. The van der Waals surface area contributed by atoms with Gasteiger partial charge >= 0.3 is 0 Å². The molecule has 1 aliphatic heterocycles. The molecular weight excluding hydrogens is 478 g/mol. The fraction of sp³-hybridized carbons (Fsp3) is 0.0286. The van der Waals surface area contributed by atoms with E-state index in [9.17, 15) is 0 Å². The van der Waals surface area contributed by atoms with Gasteiger partial charge < -0.3 is 10.2 Å². The lowest BCUT2D eigenvalue weighted by atomic mass is 9.93. The Hall–Kier alpha value is -5.06. The third-order valence-electron chi connectivity index (χ3n) is 7.76. The van der Waals surface area contributed by atoms with E-state index in [-0.39, 0.29) is 6.17 Å². The number of nitrogens with zero attached hydrogens (tertiary/aromatic N) is 1. The highest BCUT2D eigenvalue weighted by Gasteiger charge is 2.37. The number of benzene rings is 6. The van der Waals surface area contributed by atoms with Gasteiger partial charge in [0.15, 0.2) is 0 Å². The molecule has 4 heteroatoms. The van der Waals surface area contributed by atoms with E-state index >= 15 is 0 Å². The highest BCUT2D eigenvalue weighted by Crippen LogP contribution is 2.44. The van der Waals surface area contributed by atoms with Crippen LogP contribution in [0.2, 0.25) is 0 Å². The first kappa shape index (κ1) is 22.0. The van der Waals surface area contributed by atoms with Crippen molar-refractivity contribution in [3.05, 3.63) is 133 Å². The molecule has 1 aromatic heterocycles. The second-order valence-electron chi connectivity index (χ2n) is 10.1. The van der Waals surface area contributed by atoms with Crippen LogP contribution in [0.4, 0.5) is 11.4 Å². The summed E-state index contributed by atoms with van der Waals surface area (Å²) in [4.78, 5) is 0. The first-order valence-electron chi connectivity index (χ1n) is 13.2. The number of hydrogen-bond donors (Lipinski definition) is 2. The topological polar surface area (TPSA) is 64.1 Å². The van der Waals surface area contributed by atoms with Crippen LogP contribution in [0.5, 0.6) is 0 Å². The summed E-state index contributed by atoms with van der Waals surface area (Å²) in [6, 6.07) is 44.4. The molecule has 0 saturated carbocycles. The Kier molecular flexibility index (Phi) is 4.78. The summed E-state index contributed by atoms with van der Waals surface area (Å²) in [6.45, 7) is 0. The van der Waals surface area contributed by atoms with Crippen LogP contribution in [-0.2, 0) is 0 Å². The van der Waals surface area contributed by atoms with E-state index in [4.69, 9.17) is 10.2 Å². The van der Waals surface area contributed by atoms with Gasteiger partial charge in [-0.05, 0) is 69.9 Å². The van der Waals surface area contributed by atoms with Gasteiger partial charge in [0.25, 0.3) is 0 Å². The minimum Gasteiger partial charge on any atom is -0.456 e. The van der Waals surface area contributed by atoms with Crippen molar-refractivity contribution in [2.45, 2.75) is 6.17 Å². The maximum atomic E-state index is 6.90. The minimum absolute atomic E-state index is 0.00735. The van der Waals surface area contributed by atoms with E-state index in [1.165, 1.54) is 10.8 Å². The fourth-order valence-electron chi connectivity index (χ4n) is 5.69. The van der Waals surface area contributed by atoms with Crippen LogP contribution in [0.3, 0.4) is 0 Å². The molecule has 6 aromatic carbocycles. The molecule has 0 radical (unpaired) electrons. The summed E-state index contributed by atoms with van der Waals surface area (Å²) in [5.41, 5.74) is 19.6. The predicted octanol–water partition coefficient (Wildman–Crippen LogP) is 8.68. The zero-order chi connectivity index (χ0) is 25.9. The number of nitrogens with one attached hydrogen (secondary N) is 1. The number of hydrazine groups is 1. The van der Waals surface area contributed by atoms with Crippen molar-refractivity contribution in [3.63, 3.8) is 0 Å². The highest BCUT2D eigenvalue weighted by molar-refractivity contribution is 6.06. The molecule has 0 spiro atoms. The van der Waals surface area contributed by atoms with E-state index in [2.05, 4.69) is 120 Å². The summed E-state index contributed by atoms with van der Waals surface area (Å²) < 4.78 is 6.08. The summed E-state index contributed by atoms with van der Waals surface area (Å²) in [6.07, 6.45) is -0.00735. The number of furan rings is 1. The Bertz CT molecular complexity index is 2030. The van der Waals surface area contributed by atoms with Gasteiger partial charge in [-0.1, -0.05) is 84.9 Å². The number of para-hydroxylation sites is 1. The molecule has 4 nitrogen and oxygen atoms in total. The number of nitrogen functional groups attached to an aromatic ring is 1. The lowest BCUT2D eigenvalue weighted by molar-refractivity contribution is 0.669. The fourth-order valence-corrected chi connectivity index (χ4v) is 5.69. The summed E-state index contributed by atoms with van der Waals surface area (Å²) in [5, 5.41) is 6.87. The number of fused-ring (bicyclic) bond motifs is 4. The first-order chi connectivity index (χ1) is 19.2. The predicted molar refractivity (Wildman–Crippen MR) is 161 cm³/mol. The molecular formula is C35H25N3O. The molecule has 7 aromatic rings. The van der Waals surface area contributed by atoms with Gasteiger partial charge in [0.1, 0.15) is 17.3 Å². The van der Waals surface area contributed by atoms with Gasteiger partial charge in [-0.25, -0.2) is 5.43 Å². The van der Waals surface area contributed by atoms with Crippen molar-refractivity contribution in [3.8, 4) is 22.3 Å². The molecule has 1 atom stereocenters. The first-order valence-corrected chi connectivity index (χ1v) is 13.2. The van der Waals surface area contributed by atoms with Crippen molar-refractivity contribution >= 4 is 44.1 Å². The smallest absolute Gasteiger partial charge is 0.139 e. The molecule has 1 saturated heterocycles. The van der Waals surface area contributed by atoms with Gasteiger partial charge in [0, 0.05) is 27.6 Å². The molecule has 1 aliphatic rings. The zero-order valence-corrected chi connectivity index (χ0v) is 21.1. The summed E-state index contributed by atoms with van der Waals surface area (Å²) >= 11 is 0. The highest BCUT2D eigenvalue weighted by atomic mass is 16.3. The Morgan fingerprint density at radius 3 is 2.26 bits per heavy atom. The van der Waals surface area contributed by atoms with E-state index in [1.54, 1.807) is 0 Å². The van der Waals surface area contributed by atoms with E-state index < -0.39 is 0 Å². The standard InChI is InChI=1S/C35H25N3O/c36-34-29(23-9-2-1-3-10-23)20-26(25-15-17-33-30(19-25)28-12-6-7-13-32(28)39-33)21-31(34)35-37-38(35)27-16-14-22-8-4-5-11-24(22)18-27/h1-21,35,37H,36H2/t35-,38?/m1/s1. The van der Waals surface area contributed by atoms with Crippen LogP contribution < -0.4 is 16.2 Å². The van der Waals surface area contributed by atoms with Gasteiger partial charge in [0.2, 0.25) is 0 Å². The quantitative estimate of drug-likeness (QED) is 0.186. The van der Waals surface area contributed by atoms with Gasteiger partial charge in [-0.2, -0.15) is 0 Å². The van der Waals surface area contributed by atoms with Crippen molar-refractivity contribution < 1.29 is 4.42 Å². The average Bonchev–Trinajstić information content (AvgIpc) is 3.70. The van der Waals surface area contributed by atoms with Crippen LogP contribution in [0.1, 0.15) is 11.7 Å². The molecule has 186 valence electrons. The Labute approximate surface area is 225 Å².